The van der Waals surface area contributed by atoms with Crippen LogP contribution in [0.5, 0.6) is 0 Å². The average Bonchev–Trinajstić information content (AvgIpc) is 2.93. The number of hydrogen-bond acceptors (Lipinski definition) is 3. The van der Waals surface area contributed by atoms with Gasteiger partial charge in [-0.15, -0.1) is 0 Å². The average molecular weight is 339 g/mol. The molecule has 1 heterocycles. The lowest BCUT2D eigenvalue weighted by atomic mass is 9.70. The maximum atomic E-state index is 12.8. The molecular formula is C17H16F3NO3. The molecule has 2 aliphatic rings. The fourth-order valence-corrected chi connectivity index (χ4v) is 3.55. The highest BCUT2D eigenvalue weighted by Gasteiger charge is 2.48. The molecule has 1 atom stereocenters. The number of allylic oxidation sites excluding steroid dienone is 2. The van der Waals surface area contributed by atoms with E-state index in [1.165, 1.54) is 30.2 Å². The number of likely N-dealkylation sites (tertiary alicyclic amines) is 1. The van der Waals surface area contributed by atoms with Crippen molar-refractivity contribution in [2.75, 3.05) is 13.7 Å². The fraction of sp³-hybridized carbons (Fsp3) is 0.412. The van der Waals surface area contributed by atoms with Crippen LogP contribution < -0.4 is 0 Å². The minimum atomic E-state index is -4.40. The molecule has 0 aromatic heterocycles. The predicted molar refractivity (Wildman–Crippen MR) is 79.2 cm³/mol. The first-order valence-corrected chi connectivity index (χ1v) is 7.56. The van der Waals surface area contributed by atoms with Crippen LogP contribution in [0.1, 0.15) is 30.4 Å². The Morgan fingerprint density at radius 1 is 1.21 bits per heavy atom. The second-order valence-corrected chi connectivity index (χ2v) is 6.02. The number of ether oxygens (including phenoxy) is 1. The van der Waals surface area contributed by atoms with Gasteiger partial charge in [-0.3, -0.25) is 9.69 Å². The lowest BCUT2D eigenvalue weighted by Gasteiger charge is -2.35. The van der Waals surface area contributed by atoms with E-state index in [9.17, 15) is 22.8 Å². The van der Waals surface area contributed by atoms with Crippen LogP contribution in [0, 0.1) is 0 Å². The first-order chi connectivity index (χ1) is 11.3. The van der Waals surface area contributed by atoms with Gasteiger partial charge in [-0.25, -0.2) is 4.79 Å². The quantitative estimate of drug-likeness (QED) is 0.784. The van der Waals surface area contributed by atoms with Crippen molar-refractivity contribution >= 4 is 11.9 Å². The van der Waals surface area contributed by atoms with E-state index < -0.39 is 23.2 Å². The summed E-state index contributed by atoms with van der Waals surface area (Å²) >= 11 is 0. The van der Waals surface area contributed by atoms with Gasteiger partial charge in [0.25, 0.3) is 0 Å². The Bertz CT molecular complexity index is 709. The topological polar surface area (TPSA) is 46.6 Å². The SMILES string of the molecule is COC(=O)N1CC[C@@]2(c3ccc(C(F)(F)F)cc3)CCC(=O)C=C12. The summed E-state index contributed by atoms with van der Waals surface area (Å²) in [6.45, 7) is 0.368. The number of hydrogen-bond donors (Lipinski definition) is 0. The molecule has 1 aromatic carbocycles. The van der Waals surface area contributed by atoms with Crippen molar-refractivity contribution < 1.29 is 27.5 Å². The van der Waals surface area contributed by atoms with Gasteiger partial charge in [0.15, 0.2) is 5.78 Å². The smallest absolute Gasteiger partial charge is 0.416 e. The van der Waals surface area contributed by atoms with Gasteiger partial charge in [0.2, 0.25) is 0 Å². The Labute approximate surface area is 136 Å². The number of carbonyl (C=O) groups excluding carboxylic acids is 2. The third-order valence-corrected chi connectivity index (χ3v) is 4.80. The Hall–Kier alpha value is -2.31. The third kappa shape index (κ3) is 2.57. The number of fused-ring (bicyclic) bond motifs is 1. The number of benzene rings is 1. The summed E-state index contributed by atoms with van der Waals surface area (Å²) in [6.07, 6.45) is -2.22. The van der Waals surface area contributed by atoms with E-state index in [0.29, 0.717) is 37.1 Å². The zero-order chi connectivity index (χ0) is 17.5. The molecule has 0 unspecified atom stereocenters. The number of ketones is 1. The normalized spacial score (nSPS) is 23.8. The van der Waals surface area contributed by atoms with Gasteiger partial charge in [0.05, 0.1) is 12.7 Å². The van der Waals surface area contributed by atoms with Crippen molar-refractivity contribution in [2.24, 2.45) is 0 Å². The Morgan fingerprint density at radius 3 is 2.46 bits per heavy atom. The van der Waals surface area contributed by atoms with Crippen LogP contribution in [0.2, 0.25) is 0 Å². The van der Waals surface area contributed by atoms with E-state index in [1.54, 1.807) is 0 Å². The van der Waals surface area contributed by atoms with E-state index in [4.69, 9.17) is 4.74 Å². The van der Waals surface area contributed by atoms with Crippen LogP contribution in [0.25, 0.3) is 0 Å². The highest BCUT2D eigenvalue weighted by Crippen LogP contribution is 2.49. The van der Waals surface area contributed by atoms with Gasteiger partial charge in [-0.2, -0.15) is 13.2 Å². The number of nitrogens with zero attached hydrogens (tertiary/aromatic N) is 1. The second-order valence-electron chi connectivity index (χ2n) is 6.02. The zero-order valence-corrected chi connectivity index (χ0v) is 13.0. The summed E-state index contributed by atoms with van der Waals surface area (Å²) in [5.41, 5.74) is -0.138. The fourth-order valence-electron chi connectivity index (χ4n) is 3.55. The standard InChI is InChI=1S/C17H16F3NO3/c1-24-15(23)21-9-8-16(7-6-13(22)10-14(16)21)11-2-4-12(5-3-11)17(18,19)20/h2-5,10H,6-9H2,1H3/t16-/m1/s1. The molecule has 1 aromatic rings. The summed E-state index contributed by atoms with van der Waals surface area (Å²) in [5.74, 6) is -0.0941. The second kappa shape index (κ2) is 5.65. The minimum Gasteiger partial charge on any atom is -0.452 e. The molecular weight excluding hydrogens is 323 g/mol. The zero-order valence-electron chi connectivity index (χ0n) is 13.0. The highest BCUT2D eigenvalue weighted by atomic mass is 19.4. The van der Waals surface area contributed by atoms with E-state index in [2.05, 4.69) is 0 Å². The molecule has 0 N–H and O–H groups in total. The maximum Gasteiger partial charge on any atom is 0.416 e. The van der Waals surface area contributed by atoms with Gasteiger partial charge >= 0.3 is 12.3 Å². The molecule has 1 aliphatic carbocycles. The third-order valence-electron chi connectivity index (χ3n) is 4.80. The van der Waals surface area contributed by atoms with Gasteiger partial charge in [0, 0.05) is 30.2 Å². The van der Waals surface area contributed by atoms with Crippen LogP contribution in [0.3, 0.4) is 0 Å². The molecule has 4 nitrogen and oxygen atoms in total. The molecule has 1 amide bonds. The van der Waals surface area contributed by atoms with Crippen LogP contribution in [-0.2, 0) is 21.1 Å². The number of carbonyl (C=O) groups is 2. The molecule has 0 bridgehead atoms. The summed E-state index contributed by atoms with van der Waals surface area (Å²) in [6, 6.07) is 4.96. The van der Waals surface area contributed by atoms with Crippen molar-refractivity contribution in [1.82, 2.24) is 4.90 Å². The number of rotatable bonds is 1. The van der Waals surface area contributed by atoms with Crippen LogP contribution >= 0.6 is 0 Å². The summed E-state index contributed by atoms with van der Waals surface area (Å²) in [7, 11) is 1.26. The molecule has 7 heteroatoms. The number of alkyl halides is 3. The number of halogens is 3. The lowest BCUT2D eigenvalue weighted by molar-refractivity contribution is -0.137. The monoisotopic (exact) mass is 339 g/mol. The molecule has 1 aliphatic heterocycles. The Balaban J connectivity index is 2.03. The van der Waals surface area contributed by atoms with Crippen molar-refractivity contribution in [3.63, 3.8) is 0 Å². The van der Waals surface area contributed by atoms with E-state index in [-0.39, 0.29) is 5.78 Å². The number of methoxy groups -OCH3 is 1. The summed E-state index contributed by atoms with van der Waals surface area (Å²) in [4.78, 5) is 25.2. The summed E-state index contributed by atoms with van der Waals surface area (Å²) < 4.78 is 43.1. The van der Waals surface area contributed by atoms with Crippen molar-refractivity contribution in [1.29, 1.82) is 0 Å². The number of amides is 1. The van der Waals surface area contributed by atoms with Crippen LogP contribution in [0.15, 0.2) is 36.0 Å². The van der Waals surface area contributed by atoms with E-state index in [0.717, 1.165) is 12.1 Å². The largest absolute Gasteiger partial charge is 0.452 e. The van der Waals surface area contributed by atoms with Gasteiger partial charge in [0.1, 0.15) is 0 Å². The van der Waals surface area contributed by atoms with Crippen LogP contribution in [0.4, 0.5) is 18.0 Å². The molecule has 128 valence electrons. The molecule has 0 radical (unpaired) electrons. The Kier molecular flexibility index (Phi) is 3.89. The summed E-state index contributed by atoms with van der Waals surface area (Å²) in [5, 5.41) is 0. The van der Waals surface area contributed by atoms with E-state index in [1.807, 2.05) is 0 Å². The van der Waals surface area contributed by atoms with Gasteiger partial charge in [-0.05, 0) is 30.5 Å². The van der Waals surface area contributed by atoms with E-state index >= 15 is 0 Å². The van der Waals surface area contributed by atoms with Crippen molar-refractivity contribution in [3.8, 4) is 0 Å². The lowest BCUT2D eigenvalue weighted by Crippen LogP contribution is -2.35. The minimum absolute atomic E-state index is 0.0941. The molecule has 1 fully saturated rings. The molecule has 1 saturated heterocycles. The molecule has 3 rings (SSSR count). The highest BCUT2D eigenvalue weighted by molar-refractivity contribution is 5.93. The van der Waals surface area contributed by atoms with Crippen molar-refractivity contribution in [3.05, 3.63) is 47.2 Å². The maximum absolute atomic E-state index is 12.8. The van der Waals surface area contributed by atoms with Gasteiger partial charge in [-0.1, -0.05) is 12.1 Å². The van der Waals surface area contributed by atoms with Crippen LogP contribution in [-0.4, -0.2) is 30.4 Å². The molecule has 0 spiro atoms. The first kappa shape index (κ1) is 16.5. The van der Waals surface area contributed by atoms with Crippen molar-refractivity contribution in [2.45, 2.75) is 30.9 Å². The molecule has 0 saturated carbocycles. The van der Waals surface area contributed by atoms with Gasteiger partial charge < -0.3 is 4.74 Å². The molecule has 24 heavy (non-hydrogen) atoms. The first-order valence-electron chi connectivity index (χ1n) is 7.56. The predicted octanol–water partition coefficient (Wildman–Crippen LogP) is 3.66. The Morgan fingerprint density at radius 2 is 1.88 bits per heavy atom.